The van der Waals surface area contributed by atoms with Gasteiger partial charge >= 0.3 is 22.2 Å². The van der Waals surface area contributed by atoms with Crippen molar-refractivity contribution in [3.63, 3.8) is 0 Å². The Kier molecular flexibility index (Phi) is 2.50. The second-order valence-electron chi connectivity index (χ2n) is 2.36. The van der Waals surface area contributed by atoms with E-state index in [0.717, 1.165) is 12.1 Å². The Morgan fingerprint density at radius 3 is 2.21 bits per heavy atom. The van der Waals surface area contributed by atoms with E-state index < -0.39 is 22.2 Å². The normalized spacial score (nSPS) is 12.9. The van der Waals surface area contributed by atoms with Crippen molar-refractivity contribution in [2.24, 2.45) is 0 Å². The van der Waals surface area contributed by atoms with E-state index in [1.807, 2.05) is 0 Å². The summed E-state index contributed by atoms with van der Waals surface area (Å²) in [7, 11) is -4.92. The number of aromatic nitrogens is 1. The number of rotatable bonds is 1. The lowest BCUT2D eigenvalue weighted by Gasteiger charge is -2.02. The summed E-state index contributed by atoms with van der Waals surface area (Å²) in [4.78, 5) is 0. The predicted molar refractivity (Wildman–Crippen MR) is 38.6 cm³/mol. The Morgan fingerprint density at radius 1 is 1.29 bits per heavy atom. The summed E-state index contributed by atoms with van der Waals surface area (Å²) < 4.78 is 65.8. The van der Waals surface area contributed by atoms with Crippen molar-refractivity contribution in [3.05, 3.63) is 30.1 Å². The Hall–Kier alpha value is -1.15. The Morgan fingerprint density at radius 2 is 1.86 bits per heavy atom. The number of hydrogen-bond acceptors (Lipinski definition) is 2. The van der Waals surface area contributed by atoms with Crippen molar-refractivity contribution >= 4 is 10.3 Å². The molecule has 8 heteroatoms. The smallest absolute Gasteiger partial charge is 0.233 e. The van der Waals surface area contributed by atoms with Crippen LogP contribution in [0.1, 0.15) is 5.69 Å². The Balaban J connectivity index is 3.47. The zero-order valence-corrected chi connectivity index (χ0v) is 7.38. The fraction of sp³-hybridized carbons (Fsp3) is 0.167. The molecule has 0 spiro atoms. The van der Waals surface area contributed by atoms with Gasteiger partial charge in [-0.15, -0.1) is 8.42 Å². The zero-order chi connectivity index (χ0) is 11.0. The van der Waals surface area contributed by atoms with Gasteiger partial charge in [-0.1, -0.05) is 3.97 Å². The molecule has 0 saturated carbocycles. The molecule has 0 aliphatic heterocycles. The lowest BCUT2D eigenvalue weighted by molar-refractivity contribution is -0.549. The minimum atomic E-state index is -4.92. The first-order valence-corrected chi connectivity index (χ1v) is 4.68. The maximum absolute atomic E-state index is 12.2. The topological polar surface area (TPSA) is 58.3 Å². The van der Waals surface area contributed by atoms with Gasteiger partial charge in [-0.05, 0) is 6.07 Å². The maximum atomic E-state index is 12.2. The van der Waals surface area contributed by atoms with Crippen LogP contribution in [0.5, 0.6) is 0 Å². The van der Waals surface area contributed by atoms with Crippen molar-refractivity contribution in [2.75, 3.05) is 0 Å². The molecular formula is C6H5F3NO3S+. The molecular weight excluding hydrogens is 223 g/mol. The van der Waals surface area contributed by atoms with Crippen LogP contribution in [0.15, 0.2) is 24.4 Å². The average molecular weight is 228 g/mol. The molecule has 0 aliphatic carbocycles. The predicted octanol–water partition coefficient (Wildman–Crippen LogP) is 0.644. The molecule has 0 bridgehead atoms. The highest BCUT2D eigenvalue weighted by Crippen LogP contribution is 2.26. The summed E-state index contributed by atoms with van der Waals surface area (Å²) in [5, 5.41) is 0. The molecule has 0 atom stereocenters. The van der Waals surface area contributed by atoms with E-state index in [0.29, 0.717) is 12.3 Å². The van der Waals surface area contributed by atoms with Crippen LogP contribution < -0.4 is 3.97 Å². The lowest BCUT2D eigenvalue weighted by atomic mass is 10.3. The van der Waals surface area contributed by atoms with Gasteiger partial charge in [-0.25, -0.2) is 4.55 Å². The van der Waals surface area contributed by atoms with Crippen LogP contribution in [-0.4, -0.2) is 13.0 Å². The van der Waals surface area contributed by atoms with Crippen molar-refractivity contribution in [1.29, 1.82) is 0 Å². The molecule has 0 saturated heterocycles. The monoisotopic (exact) mass is 228 g/mol. The fourth-order valence-corrected chi connectivity index (χ4v) is 1.49. The molecule has 0 aliphatic rings. The molecule has 1 aromatic heterocycles. The highest BCUT2D eigenvalue weighted by Gasteiger charge is 2.44. The van der Waals surface area contributed by atoms with Crippen LogP contribution in [0.3, 0.4) is 0 Å². The summed E-state index contributed by atoms with van der Waals surface area (Å²) in [6.45, 7) is 0. The molecule has 0 aromatic carbocycles. The van der Waals surface area contributed by atoms with E-state index in [4.69, 9.17) is 4.55 Å². The maximum Gasteiger partial charge on any atom is 0.511 e. The molecule has 0 unspecified atom stereocenters. The Labute approximate surface area is 77.5 Å². The van der Waals surface area contributed by atoms with Gasteiger partial charge in [0.15, 0.2) is 6.20 Å². The van der Waals surface area contributed by atoms with Crippen molar-refractivity contribution in [1.82, 2.24) is 0 Å². The van der Waals surface area contributed by atoms with E-state index >= 15 is 0 Å². The highest BCUT2D eigenvalue weighted by atomic mass is 32.2. The first kappa shape index (κ1) is 10.9. The number of nitrogens with zero attached hydrogens (tertiary/aromatic N) is 1. The van der Waals surface area contributed by atoms with Gasteiger partial charge in [0.2, 0.25) is 0 Å². The van der Waals surface area contributed by atoms with Crippen LogP contribution in [0, 0.1) is 0 Å². The number of hydrogen-bond donors (Lipinski definition) is 1. The third-order valence-electron chi connectivity index (χ3n) is 1.36. The standard InChI is InChI=1S/C6H4F3NO3S/c7-6(8,9)5-3-1-2-4-10(5)14(11,12)13/h1-4H/p+1. The molecule has 1 rings (SSSR count). The second kappa shape index (κ2) is 3.21. The van der Waals surface area contributed by atoms with E-state index in [-0.39, 0.29) is 3.97 Å². The molecule has 0 amide bonds. The average Bonchev–Trinajstić information content (AvgIpc) is 2.01. The molecule has 1 heterocycles. The Bertz CT molecular complexity index is 440. The van der Waals surface area contributed by atoms with Crippen molar-refractivity contribution in [3.8, 4) is 0 Å². The molecule has 14 heavy (non-hydrogen) atoms. The summed E-state index contributed by atoms with van der Waals surface area (Å²) in [6.07, 6.45) is -4.23. The van der Waals surface area contributed by atoms with Gasteiger partial charge in [0.25, 0.3) is 0 Å². The first-order valence-electron chi connectivity index (χ1n) is 3.29. The van der Waals surface area contributed by atoms with Gasteiger partial charge < -0.3 is 0 Å². The fourth-order valence-electron chi connectivity index (χ4n) is 0.849. The minimum absolute atomic E-state index is 0.243. The summed E-state index contributed by atoms with van der Waals surface area (Å²) >= 11 is 0. The minimum Gasteiger partial charge on any atom is -0.233 e. The quantitative estimate of drug-likeness (QED) is 0.567. The SMILES string of the molecule is O=S(=O)(O)[n+]1ccccc1C(F)(F)F. The third-order valence-corrected chi connectivity index (χ3v) is 2.18. The molecule has 78 valence electrons. The van der Waals surface area contributed by atoms with Crippen LogP contribution in [0.4, 0.5) is 13.2 Å². The van der Waals surface area contributed by atoms with Crippen LogP contribution >= 0.6 is 0 Å². The van der Waals surface area contributed by atoms with Gasteiger partial charge in [-0.3, -0.25) is 0 Å². The van der Waals surface area contributed by atoms with Crippen LogP contribution in [0.2, 0.25) is 0 Å². The molecule has 0 fully saturated rings. The molecule has 1 N–H and O–H groups in total. The lowest BCUT2D eigenvalue weighted by Crippen LogP contribution is -2.48. The van der Waals surface area contributed by atoms with Gasteiger partial charge in [-0.2, -0.15) is 13.2 Å². The van der Waals surface area contributed by atoms with Crippen LogP contribution in [0.25, 0.3) is 0 Å². The van der Waals surface area contributed by atoms with E-state index in [1.54, 1.807) is 0 Å². The van der Waals surface area contributed by atoms with Crippen molar-refractivity contribution < 1.29 is 30.1 Å². The summed E-state index contributed by atoms with van der Waals surface area (Å²) in [5.74, 6) is 0. The molecule has 1 aromatic rings. The number of halogens is 3. The number of pyridine rings is 1. The zero-order valence-electron chi connectivity index (χ0n) is 6.56. The van der Waals surface area contributed by atoms with Gasteiger partial charge in [0.1, 0.15) is 0 Å². The van der Waals surface area contributed by atoms with Gasteiger partial charge in [0.05, 0.1) is 0 Å². The van der Waals surface area contributed by atoms with E-state index in [9.17, 15) is 21.6 Å². The van der Waals surface area contributed by atoms with Crippen LogP contribution in [-0.2, 0) is 16.5 Å². The summed E-state index contributed by atoms with van der Waals surface area (Å²) in [5.41, 5.74) is -1.46. The van der Waals surface area contributed by atoms with Crippen molar-refractivity contribution in [2.45, 2.75) is 6.18 Å². The molecule has 4 nitrogen and oxygen atoms in total. The number of alkyl halides is 3. The highest BCUT2D eigenvalue weighted by molar-refractivity contribution is 7.79. The third kappa shape index (κ3) is 2.20. The molecule has 0 radical (unpaired) electrons. The van der Waals surface area contributed by atoms with E-state index in [1.165, 1.54) is 0 Å². The largest absolute Gasteiger partial charge is 0.511 e. The first-order chi connectivity index (χ1) is 6.23. The van der Waals surface area contributed by atoms with Gasteiger partial charge in [0, 0.05) is 12.1 Å². The summed E-state index contributed by atoms with van der Waals surface area (Å²) in [6, 6.07) is 2.63. The second-order valence-corrected chi connectivity index (χ2v) is 3.65. The van der Waals surface area contributed by atoms with E-state index in [2.05, 4.69) is 0 Å².